The van der Waals surface area contributed by atoms with Gasteiger partial charge in [-0.05, 0) is 108 Å². The van der Waals surface area contributed by atoms with Crippen molar-refractivity contribution in [1.82, 2.24) is 20.0 Å². The molecular weight excluding hydrogens is 1070 g/mol. The number of aliphatic hydroxyl groups is 2. The lowest BCUT2D eigenvalue weighted by Gasteiger charge is -2.42. The molecule has 4 fully saturated rings. The maximum Gasteiger partial charge on any atom is 0.407 e. The monoisotopic (exact) mass is 1170 g/mol. The van der Waals surface area contributed by atoms with Crippen LogP contribution in [-0.4, -0.2) is 221 Å². The van der Waals surface area contributed by atoms with Gasteiger partial charge < -0.3 is 69.0 Å². The van der Waals surface area contributed by atoms with E-state index in [1.54, 1.807) is 48.0 Å². The molecule has 2 amide bonds. The molecule has 21 heteroatoms. The molecule has 0 aromatic carbocycles. The highest BCUT2D eigenvalue weighted by Crippen LogP contribution is 2.37. The summed E-state index contributed by atoms with van der Waals surface area (Å²) >= 11 is 0. The molecule has 0 aromatic heterocycles. The summed E-state index contributed by atoms with van der Waals surface area (Å²) in [4.78, 5) is 90.3. The molecule has 5 aliphatic rings. The summed E-state index contributed by atoms with van der Waals surface area (Å²) in [7, 11) is 6.60. The molecule has 4 heterocycles. The molecule has 15 atom stereocenters. The van der Waals surface area contributed by atoms with Crippen LogP contribution in [-0.2, 0) is 61.9 Å². The van der Waals surface area contributed by atoms with E-state index in [4.69, 9.17) is 43.6 Å². The number of ether oxygens (including phenoxy) is 8. The zero-order valence-electron chi connectivity index (χ0n) is 51.3. The van der Waals surface area contributed by atoms with Gasteiger partial charge in [-0.1, -0.05) is 64.2 Å². The van der Waals surface area contributed by atoms with Crippen molar-refractivity contribution in [3.63, 3.8) is 0 Å². The number of esters is 1. The van der Waals surface area contributed by atoms with Crippen LogP contribution in [0.15, 0.2) is 47.6 Å². The number of carbonyl (C=O) groups is 6. The summed E-state index contributed by atoms with van der Waals surface area (Å²) in [6.07, 6.45) is 8.73. The van der Waals surface area contributed by atoms with Crippen molar-refractivity contribution in [1.29, 1.82) is 0 Å². The zero-order valence-corrected chi connectivity index (χ0v) is 51.3. The van der Waals surface area contributed by atoms with Crippen LogP contribution >= 0.6 is 0 Å². The van der Waals surface area contributed by atoms with Crippen LogP contribution < -0.4 is 11.1 Å². The highest BCUT2D eigenvalue weighted by Gasteiger charge is 2.53. The van der Waals surface area contributed by atoms with E-state index >= 15 is 0 Å². The molecule has 83 heavy (non-hydrogen) atoms. The molecule has 0 unspecified atom stereocenters. The number of amides is 2. The van der Waals surface area contributed by atoms with Gasteiger partial charge in [0.1, 0.15) is 36.2 Å². The van der Waals surface area contributed by atoms with Crippen LogP contribution in [0.2, 0.25) is 0 Å². The van der Waals surface area contributed by atoms with Crippen molar-refractivity contribution in [2.45, 2.75) is 179 Å². The molecule has 470 valence electrons. The second-order valence-corrected chi connectivity index (χ2v) is 24.0. The van der Waals surface area contributed by atoms with E-state index in [1.165, 1.54) is 7.11 Å². The summed E-state index contributed by atoms with van der Waals surface area (Å²) in [5.41, 5.74) is 8.20. The largest absolute Gasteiger partial charge is 0.459 e. The Hall–Kier alpha value is -4.26. The Bertz CT molecular complexity index is 2220. The number of likely N-dealkylation sites (N-methyl/N-ethyl adjacent to an activating group) is 1. The zero-order chi connectivity index (χ0) is 60.8. The first-order chi connectivity index (χ1) is 39.6. The van der Waals surface area contributed by atoms with Crippen LogP contribution in [0.4, 0.5) is 4.79 Å². The van der Waals surface area contributed by atoms with Crippen LogP contribution in [0, 0.1) is 29.6 Å². The second kappa shape index (κ2) is 34.8. The number of hydrogen-bond donors (Lipinski definition) is 4. The molecule has 2 bridgehead atoms. The van der Waals surface area contributed by atoms with Crippen LogP contribution in [0.1, 0.15) is 119 Å². The maximum atomic E-state index is 14.6. The van der Waals surface area contributed by atoms with Crippen molar-refractivity contribution >= 4 is 35.3 Å². The molecule has 0 radical (unpaired) electrons. The number of piperidine rings is 1. The third kappa shape index (κ3) is 21.0. The molecule has 21 nitrogen and oxygen atoms in total. The van der Waals surface area contributed by atoms with Gasteiger partial charge in [-0.2, -0.15) is 0 Å². The molecule has 3 saturated heterocycles. The van der Waals surface area contributed by atoms with Gasteiger partial charge in [-0.3, -0.25) is 24.1 Å². The maximum absolute atomic E-state index is 14.6. The molecule has 1 saturated carbocycles. The van der Waals surface area contributed by atoms with Crippen LogP contribution in [0.25, 0.3) is 0 Å². The number of hydrogen-bond acceptors (Lipinski definition) is 19. The standard InChI is InChI=1S/C62H101N5O16/c1-40-16-12-11-13-17-41(2)52(76-8)38-47-21-19-45(6)62(75,83-47)58(71)59(72)67-24-15-14-18-49(67)60(73)81-53(39-50(68)42(3)35-44(5)56(70)57(78-10)55(69)43(4)34-40)48(63)36-46-20-22-51(54(37-46)77-9)82-61(74)64-23-30-79-32-33-80-31-29-66-27-25-65(7)26-28-66/h11-13,16-17,35,40,42-43,45-49,51-54,56-57,70,75H,14-15,18-34,36-39,63H2,1-10H3,(H,64,74)/b13-11+,16-12+,41-17+,44-35+/t40-,42-,43-,45-,46+,47+,48-,49+,51-,52+,53+,54-,56-,57+,62-/m1/s1. The SMILES string of the molecule is CO[C@H]1C[C@@H]2CC[C@@H](C)[C@@](O)(O2)C(=O)C(=O)N2CCCC[C@H]2C(=O)O[C@H]([C@H](N)C[C@@H]2CC[C@@H](OC(=O)NCCOCCOCCN3CCN(C)CC3)[C@H](OC)C2)CC(=O)[C@H](C)/C=C(\C)[C@@H](O)[C@@H](OC)C(=O)[C@H](C)C[C@H](C)/C=C/C=C/C=C/1C. The highest BCUT2D eigenvalue weighted by molar-refractivity contribution is 6.39. The lowest BCUT2D eigenvalue weighted by Crippen LogP contribution is -2.61. The lowest BCUT2D eigenvalue weighted by molar-refractivity contribution is -0.265. The Kier molecular flexibility index (Phi) is 29.1. The number of allylic oxidation sites excluding steroid dienone is 6. The average Bonchev–Trinajstić information content (AvgIpc) is 3.54. The van der Waals surface area contributed by atoms with Gasteiger partial charge in [0.2, 0.25) is 5.79 Å². The number of ketones is 3. The Labute approximate surface area is 493 Å². The third-order valence-corrected chi connectivity index (χ3v) is 17.5. The summed E-state index contributed by atoms with van der Waals surface area (Å²) < 4.78 is 46.9. The highest BCUT2D eigenvalue weighted by atomic mass is 16.6. The Balaban J connectivity index is 1.30. The molecule has 0 aromatic rings. The minimum absolute atomic E-state index is 0.0112. The normalized spacial score (nSPS) is 35.7. The van der Waals surface area contributed by atoms with Crippen molar-refractivity contribution in [2.24, 2.45) is 35.3 Å². The molecule has 0 spiro atoms. The number of nitrogens with two attached hydrogens (primary N) is 1. The number of Topliss-reactive ketones (excluding diaryl/α,β-unsaturated/α-hetero) is 3. The predicted molar refractivity (Wildman–Crippen MR) is 312 cm³/mol. The van der Waals surface area contributed by atoms with Gasteiger partial charge in [0.15, 0.2) is 5.78 Å². The fraction of sp³-hybridized carbons (Fsp3) is 0.774. The molecule has 4 aliphatic heterocycles. The fourth-order valence-corrected chi connectivity index (χ4v) is 12.0. The quantitative estimate of drug-likeness (QED) is 0.0694. The Morgan fingerprint density at radius 2 is 1.54 bits per heavy atom. The van der Waals surface area contributed by atoms with E-state index in [9.17, 15) is 39.0 Å². The van der Waals surface area contributed by atoms with Crippen LogP contribution in [0.3, 0.4) is 0 Å². The summed E-state index contributed by atoms with van der Waals surface area (Å²) in [6.45, 7) is 17.7. The Morgan fingerprint density at radius 1 is 0.819 bits per heavy atom. The summed E-state index contributed by atoms with van der Waals surface area (Å²) in [5, 5.41) is 26.4. The van der Waals surface area contributed by atoms with Gasteiger partial charge in [0.25, 0.3) is 11.7 Å². The van der Waals surface area contributed by atoms with Crippen molar-refractivity contribution in [2.75, 3.05) is 101 Å². The summed E-state index contributed by atoms with van der Waals surface area (Å²) in [6, 6.07) is -2.15. The van der Waals surface area contributed by atoms with Gasteiger partial charge in [0.05, 0.1) is 44.7 Å². The average molecular weight is 1170 g/mol. The minimum Gasteiger partial charge on any atom is -0.459 e. The number of rotatable bonds is 16. The van der Waals surface area contributed by atoms with E-state index in [1.807, 2.05) is 44.2 Å². The van der Waals surface area contributed by atoms with Crippen molar-refractivity contribution in [3.8, 4) is 0 Å². The topological polar surface area (TPSA) is 264 Å². The fourth-order valence-electron chi connectivity index (χ4n) is 12.0. The first-order valence-corrected chi connectivity index (χ1v) is 30.4. The minimum atomic E-state index is -2.48. The van der Waals surface area contributed by atoms with E-state index in [0.717, 1.165) is 43.2 Å². The first-order valence-electron chi connectivity index (χ1n) is 30.4. The molecule has 5 N–H and O–H groups in total. The Morgan fingerprint density at radius 3 is 2.24 bits per heavy atom. The molecule has 1 aliphatic carbocycles. The van der Waals surface area contributed by atoms with E-state index in [-0.39, 0.29) is 68.8 Å². The number of nitrogens with one attached hydrogen (secondary N) is 1. The third-order valence-electron chi connectivity index (χ3n) is 17.5. The number of fused-ring (bicyclic) bond motifs is 3. The number of piperazine rings is 1. The first kappa shape index (κ1) is 69.5. The molecule has 5 rings (SSSR count). The van der Waals surface area contributed by atoms with E-state index in [0.29, 0.717) is 76.8 Å². The van der Waals surface area contributed by atoms with E-state index < -0.39 is 102 Å². The van der Waals surface area contributed by atoms with E-state index in [2.05, 4.69) is 22.2 Å². The van der Waals surface area contributed by atoms with Gasteiger partial charge in [-0.15, -0.1) is 0 Å². The lowest BCUT2D eigenvalue weighted by atomic mass is 9.80. The number of carbonyl (C=O) groups excluding carboxylic acids is 6. The second-order valence-electron chi connectivity index (χ2n) is 24.0. The number of aliphatic hydroxyl groups excluding tert-OH is 1. The van der Waals surface area contributed by atoms with Crippen LogP contribution in [0.5, 0.6) is 0 Å². The van der Waals surface area contributed by atoms with Gasteiger partial charge in [0, 0.05) is 104 Å². The number of methoxy groups -OCH3 is 3. The number of alkyl carbamates (subject to hydrolysis) is 1. The van der Waals surface area contributed by atoms with Crippen molar-refractivity contribution in [3.05, 3.63) is 47.6 Å². The van der Waals surface area contributed by atoms with Gasteiger partial charge >= 0.3 is 12.1 Å². The summed E-state index contributed by atoms with van der Waals surface area (Å²) in [5.74, 6) is -8.45. The number of cyclic esters (lactones) is 1. The molecular formula is C62H101N5O16. The number of nitrogens with zero attached hydrogens (tertiary/aromatic N) is 3. The van der Waals surface area contributed by atoms with Crippen molar-refractivity contribution < 1.29 is 76.9 Å². The van der Waals surface area contributed by atoms with Gasteiger partial charge in [-0.25, -0.2) is 9.59 Å². The smallest absolute Gasteiger partial charge is 0.407 e. The predicted octanol–water partition coefficient (Wildman–Crippen LogP) is 4.89.